The summed E-state index contributed by atoms with van der Waals surface area (Å²) in [6.07, 6.45) is 2.20. The van der Waals surface area contributed by atoms with Crippen LogP contribution < -0.4 is 0 Å². The SMILES string of the molecule is Cc1ccc(CCCC(=O)N2CCN(S(=O)(=O)c3cc(C)sc3C)CC2)cc1. The maximum absolute atomic E-state index is 12.9. The normalized spacial score (nSPS) is 15.8. The van der Waals surface area contributed by atoms with Crippen molar-refractivity contribution in [2.24, 2.45) is 0 Å². The van der Waals surface area contributed by atoms with Gasteiger partial charge in [-0.05, 0) is 45.2 Å². The van der Waals surface area contributed by atoms with Crippen molar-refractivity contribution in [1.29, 1.82) is 0 Å². The Morgan fingerprint density at radius 2 is 1.68 bits per heavy atom. The Bertz CT molecular complexity index is 925. The Morgan fingerprint density at radius 1 is 1.04 bits per heavy atom. The average Bonchev–Trinajstić information content (AvgIpc) is 3.02. The number of hydrogen-bond donors (Lipinski definition) is 0. The fourth-order valence-corrected chi connectivity index (χ4v) is 6.48. The fourth-order valence-electron chi connectivity index (χ4n) is 3.54. The number of sulfonamides is 1. The lowest BCUT2D eigenvalue weighted by Gasteiger charge is -2.34. The van der Waals surface area contributed by atoms with Crippen molar-refractivity contribution in [1.82, 2.24) is 9.21 Å². The average molecular weight is 421 g/mol. The van der Waals surface area contributed by atoms with Crippen molar-refractivity contribution in [3.63, 3.8) is 0 Å². The topological polar surface area (TPSA) is 57.7 Å². The Balaban J connectivity index is 1.49. The molecule has 0 radical (unpaired) electrons. The molecule has 2 heterocycles. The van der Waals surface area contributed by atoms with Gasteiger partial charge < -0.3 is 4.90 Å². The monoisotopic (exact) mass is 420 g/mol. The van der Waals surface area contributed by atoms with Crippen LogP contribution in [0.5, 0.6) is 0 Å². The molecule has 1 aliphatic rings. The van der Waals surface area contributed by atoms with Crippen LogP contribution in [0, 0.1) is 20.8 Å². The van der Waals surface area contributed by atoms with Gasteiger partial charge in [0.05, 0.1) is 4.90 Å². The van der Waals surface area contributed by atoms with Gasteiger partial charge in [-0.2, -0.15) is 4.31 Å². The Kier molecular flexibility index (Phi) is 6.58. The molecule has 0 spiro atoms. The molecule has 0 unspecified atom stereocenters. The summed E-state index contributed by atoms with van der Waals surface area (Å²) in [7, 11) is -3.47. The van der Waals surface area contributed by atoms with Gasteiger partial charge in [0.1, 0.15) is 0 Å². The number of nitrogens with zero attached hydrogens (tertiary/aromatic N) is 2. The Labute approximate surface area is 172 Å². The standard InChI is InChI=1S/C21H28N2O3S2/c1-16-7-9-19(10-8-16)5-4-6-21(24)22-11-13-23(14-12-22)28(25,26)20-15-17(2)27-18(20)3/h7-10,15H,4-6,11-14H2,1-3H3. The van der Waals surface area contributed by atoms with Gasteiger partial charge in [0, 0.05) is 42.4 Å². The van der Waals surface area contributed by atoms with Gasteiger partial charge in [-0.1, -0.05) is 29.8 Å². The lowest BCUT2D eigenvalue weighted by Crippen LogP contribution is -2.50. The molecule has 0 saturated carbocycles. The number of thiophene rings is 1. The molecule has 0 atom stereocenters. The minimum absolute atomic E-state index is 0.117. The quantitative estimate of drug-likeness (QED) is 0.718. The molecule has 2 aromatic rings. The highest BCUT2D eigenvalue weighted by atomic mass is 32.2. The van der Waals surface area contributed by atoms with E-state index in [0.717, 1.165) is 22.6 Å². The van der Waals surface area contributed by atoms with Crippen LogP contribution in [0.15, 0.2) is 35.2 Å². The van der Waals surface area contributed by atoms with Gasteiger partial charge >= 0.3 is 0 Å². The molecular formula is C21H28N2O3S2. The third-order valence-electron chi connectivity index (χ3n) is 5.18. The van der Waals surface area contributed by atoms with Crippen LogP contribution >= 0.6 is 11.3 Å². The molecule has 0 aliphatic carbocycles. The van der Waals surface area contributed by atoms with Crippen molar-refractivity contribution in [3.8, 4) is 0 Å². The zero-order chi connectivity index (χ0) is 20.3. The van der Waals surface area contributed by atoms with E-state index in [1.807, 2.05) is 13.8 Å². The first-order valence-corrected chi connectivity index (χ1v) is 11.9. The van der Waals surface area contributed by atoms with Crippen LogP contribution in [0.3, 0.4) is 0 Å². The molecular weight excluding hydrogens is 392 g/mol. The summed E-state index contributed by atoms with van der Waals surface area (Å²) in [6.45, 7) is 7.48. The third kappa shape index (κ3) is 4.82. The summed E-state index contributed by atoms with van der Waals surface area (Å²) >= 11 is 1.50. The fraction of sp³-hybridized carbons (Fsp3) is 0.476. The van der Waals surface area contributed by atoms with Crippen LogP contribution in [-0.2, 0) is 21.2 Å². The predicted molar refractivity (Wildman–Crippen MR) is 113 cm³/mol. The molecule has 3 rings (SSSR count). The summed E-state index contributed by atoms with van der Waals surface area (Å²) in [5.41, 5.74) is 2.48. The van der Waals surface area contributed by atoms with Crippen molar-refractivity contribution in [3.05, 3.63) is 51.2 Å². The molecule has 1 fully saturated rings. The number of carbonyl (C=O) groups excluding carboxylic acids is 1. The highest BCUT2D eigenvalue weighted by Crippen LogP contribution is 2.28. The second kappa shape index (κ2) is 8.76. The van der Waals surface area contributed by atoms with E-state index in [2.05, 4.69) is 31.2 Å². The van der Waals surface area contributed by atoms with E-state index in [4.69, 9.17) is 0 Å². The third-order valence-corrected chi connectivity index (χ3v) is 8.30. The van der Waals surface area contributed by atoms with Crippen molar-refractivity contribution in [2.75, 3.05) is 26.2 Å². The number of carbonyl (C=O) groups is 1. The van der Waals surface area contributed by atoms with Gasteiger partial charge in [-0.25, -0.2) is 8.42 Å². The number of hydrogen-bond acceptors (Lipinski definition) is 4. The van der Waals surface area contributed by atoms with E-state index < -0.39 is 10.0 Å². The summed E-state index contributed by atoms with van der Waals surface area (Å²) in [4.78, 5) is 16.5. The molecule has 1 aromatic carbocycles. The van der Waals surface area contributed by atoms with E-state index in [1.165, 1.54) is 26.8 Å². The first-order chi connectivity index (χ1) is 13.3. The van der Waals surface area contributed by atoms with E-state index in [9.17, 15) is 13.2 Å². The highest BCUT2D eigenvalue weighted by Gasteiger charge is 2.31. The second-order valence-corrected chi connectivity index (χ2v) is 10.8. The Morgan fingerprint density at radius 3 is 2.25 bits per heavy atom. The van der Waals surface area contributed by atoms with E-state index >= 15 is 0 Å². The van der Waals surface area contributed by atoms with Crippen molar-refractivity contribution < 1.29 is 13.2 Å². The smallest absolute Gasteiger partial charge is 0.244 e. The molecule has 0 bridgehead atoms. The summed E-state index contributed by atoms with van der Waals surface area (Å²) in [5.74, 6) is 0.117. The Hall–Kier alpha value is -1.70. The highest BCUT2D eigenvalue weighted by molar-refractivity contribution is 7.89. The van der Waals surface area contributed by atoms with Crippen LogP contribution in [-0.4, -0.2) is 49.7 Å². The van der Waals surface area contributed by atoms with Gasteiger partial charge in [0.25, 0.3) is 0 Å². The minimum Gasteiger partial charge on any atom is -0.340 e. The number of benzene rings is 1. The van der Waals surface area contributed by atoms with Crippen LogP contribution in [0.4, 0.5) is 0 Å². The maximum Gasteiger partial charge on any atom is 0.244 e. The number of rotatable bonds is 6. The van der Waals surface area contributed by atoms with Crippen LogP contribution in [0.2, 0.25) is 0 Å². The largest absolute Gasteiger partial charge is 0.340 e. The molecule has 1 saturated heterocycles. The van der Waals surface area contributed by atoms with Gasteiger partial charge in [-0.15, -0.1) is 11.3 Å². The first kappa shape index (κ1) is 21.0. The second-order valence-electron chi connectivity index (χ2n) is 7.40. The first-order valence-electron chi connectivity index (χ1n) is 9.68. The summed E-state index contributed by atoms with van der Waals surface area (Å²) in [5, 5.41) is 0. The molecule has 28 heavy (non-hydrogen) atoms. The van der Waals surface area contributed by atoms with Crippen molar-refractivity contribution in [2.45, 2.75) is 44.9 Å². The predicted octanol–water partition coefficient (Wildman–Crippen LogP) is 3.53. The number of amides is 1. The van der Waals surface area contributed by atoms with Crippen molar-refractivity contribution >= 4 is 27.3 Å². The summed E-state index contributed by atoms with van der Waals surface area (Å²) < 4.78 is 27.3. The van der Waals surface area contributed by atoms with Gasteiger partial charge in [0.2, 0.25) is 15.9 Å². The number of aryl methyl sites for hydroxylation is 4. The zero-order valence-electron chi connectivity index (χ0n) is 16.8. The maximum atomic E-state index is 12.9. The minimum atomic E-state index is -3.47. The zero-order valence-corrected chi connectivity index (χ0v) is 18.4. The molecule has 1 amide bonds. The van der Waals surface area contributed by atoms with Gasteiger partial charge in [-0.3, -0.25) is 4.79 Å². The lowest BCUT2D eigenvalue weighted by atomic mass is 10.1. The molecule has 152 valence electrons. The molecule has 0 N–H and O–H groups in total. The lowest BCUT2D eigenvalue weighted by molar-refractivity contribution is -0.132. The number of piperazine rings is 1. The molecule has 1 aromatic heterocycles. The van der Waals surface area contributed by atoms with Crippen LogP contribution in [0.25, 0.3) is 0 Å². The van der Waals surface area contributed by atoms with Crippen LogP contribution in [0.1, 0.15) is 33.7 Å². The molecule has 7 heteroatoms. The van der Waals surface area contributed by atoms with E-state index in [-0.39, 0.29) is 5.91 Å². The van der Waals surface area contributed by atoms with E-state index in [0.29, 0.717) is 37.5 Å². The molecule has 1 aliphatic heterocycles. The summed E-state index contributed by atoms with van der Waals surface area (Å²) in [6, 6.07) is 10.1. The van der Waals surface area contributed by atoms with E-state index in [1.54, 1.807) is 11.0 Å². The molecule has 5 nitrogen and oxygen atoms in total. The van der Waals surface area contributed by atoms with Gasteiger partial charge in [0.15, 0.2) is 0 Å².